The van der Waals surface area contributed by atoms with Crippen LogP contribution in [-0.2, 0) is 6.42 Å². The van der Waals surface area contributed by atoms with E-state index in [4.69, 9.17) is 12.2 Å². The van der Waals surface area contributed by atoms with Gasteiger partial charge in [-0.25, -0.2) is 4.98 Å². The Morgan fingerprint density at radius 1 is 1.50 bits per heavy atom. The van der Waals surface area contributed by atoms with Gasteiger partial charge >= 0.3 is 0 Å². The van der Waals surface area contributed by atoms with E-state index < -0.39 is 0 Å². The maximum Gasteiger partial charge on any atom is 0.198 e. The zero-order chi connectivity index (χ0) is 13.0. The van der Waals surface area contributed by atoms with Gasteiger partial charge in [-0.15, -0.1) is 11.3 Å². The molecule has 2 heterocycles. The molecule has 0 saturated heterocycles. The zero-order valence-corrected chi connectivity index (χ0v) is 12.2. The largest absolute Gasteiger partial charge is 0.371 e. The number of aromatic nitrogens is 2. The van der Waals surface area contributed by atoms with Crippen LogP contribution in [0.3, 0.4) is 0 Å². The summed E-state index contributed by atoms with van der Waals surface area (Å²) in [6, 6.07) is 4.21. The van der Waals surface area contributed by atoms with E-state index >= 15 is 0 Å². The van der Waals surface area contributed by atoms with E-state index in [1.165, 1.54) is 4.88 Å². The molecule has 5 heteroatoms. The minimum absolute atomic E-state index is 0.524. The van der Waals surface area contributed by atoms with Crippen LogP contribution in [0.5, 0.6) is 0 Å². The van der Waals surface area contributed by atoms with Crippen molar-refractivity contribution in [3.8, 4) is 0 Å². The summed E-state index contributed by atoms with van der Waals surface area (Å²) in [7, 11) is 0. The second-order valence-corrected chi connectivity index (χ2v) is 6.04. The van der Waals surface area contributed by atoms with E-state index in [-0.39, 0.29) is 0 Å². The molecule has 0 fully saturated rings. The van der Waals surface area contributed by atoms with Crippen LogP contribution in [0.4, 0.5) is 5.82 Å². The summed E-state index contributed by atoms with van der Waals surface area (Å²) in [6.45, 7) is 5.29. The number of nitrogens with zero attached hydrogens (tertiary/aromatic N) is 1. The van der Waals surface area contributed by atoms with Crippen molar-refractivity contribution in [1.29, 1.82) is 0 Å². The van der Waals surface area contributed by atoms with Crippen LogP contribution in [-0.4, -0.2) is 16.5 Å². The van der Waals surface area contributed by atoms with Gasteiger partial charge in [-0.1, -0.05) is 19.9 Å². The van der Waals surface area contributed by atoms with Crippen molar-refractivity contribution in [2.75, 3.05) is 11.9 Å². The molecule has 2 aromatic heterocycles. The number of aromatic amines is 1. The lowest BCUT2D eigenvalue weighted by Gasteiger charge is -2.12. The molecular weight excluding hydrogens is 262 g/mol. The molecule has 0 radical (unpaired) electrons. The van der Waals surface area contributed by atoms with Gasteiger partial charge in [0.2, 0.25) is 0 Å². The number of hydrogen-bond donors (Lipinski definition) is 2. The Morgan fingerprint density at radius 2 is 2.33 bits per heavy atom. The summed E-state index contributed by atoms with van der Waals surface area (Å²) in [4.78, 5) is 8.64. The van der Waals surface area contributed by atoms with Gasteiger partial charge in [-0.05, 0) is 29.6 Å². The summed E-state index contributed by atoms with van der Waals surface area (Å²) >= 11 is 6.84. The quantitative estimate of drug-likeness (QED) is 0.817. The number of rotatable bonds is 5. The average molecular weight is 279 g/mol. The Kier molecular flexibility index (Phi) is 4.49. The summed E-state index contributed by atoms with van der Waals surface area (Å²) in [5.41, 5.74) is 1.16. The molecule has 0 aliphatic carbocycles. The first-order valence-electron chi connectivity index (χ1n) is 5.99. The highest BCUT2D eigenvalue weighted by molar-refractivity contribution is 7.71. The standard InChI is InChI=1S/C13H17N3S2/c1-9(2)7-14-12-10(8-15-13(17)16-12)6-11-4-3-5-18-11/h3-5,8-9H,6-7H2,1-2H3,(H2,14,15,16,17). The highest BCUT2D eigenvalue weighted by atomic mass is 32.1. The molecule has 2 rings (SSSR count). The predicted molar refractivity (Wildman–Crippen MR) is 79.9 cm³/mol. The average Bonchev–Trinajstić information content (AvgIpc) is 2.82. The fraction of sp³-hybridized carbons (Fsp3) is 0.385. The summed E-state index contributed by atoms with van der Waals surface area (Å²) in [5, 5.41) is 5.50. The van der Waals surface area contributed by atoms with Crippen molar-refractivity contribution < 1.29 is 0 Å². The first kappa shape index (κ1) is 13.2. The van der Waals surface area contributed by atoms with Crippen molar-refractivity contribution in [3.05, 3.63) is 38.9 Å². The van der Waals surface area contributed by atoms with Crippen LogP contribution in [0.25, 0.3) is 0 Å². The van der Waals surface area contributed by atoms with E-state index in [0.29, 0.717) is 10.7 Å². The van der Waals surface area contributed by atoms with Gasteiger partial charge in [0.25, 0.3) is 0 Å². The molecule has 0 aliphatic rings. The maximum absolute atomic E-state index is 5.08. The van der Waals surface area contributed by atoms with Gasteiger partial charge in [0.15, 0.2) is 4.77 Å². The molecule has 2 aromatic rings. The molecule has 0 saturated carbocycles. The van der Waals surface area contributed by atoms with Gasteiger partial charge in [0.05, 0.1) is 0 Å². The third kappa shape index (κ3) is 3.65. The Balaban J connectivity index is 2.20. The normalized spacial score (nSPS) is 10.8. The number of nitrogens with one attached hydrogen (secondary N) is 2. The fourth-order valence-corrected chi connectivity index (χ4v) is 2.50. The third-order valence-corrected chi connectivity index (χ3v) is 3.61. The van der Waals surface area contributed by atoms with E-state index in [9.17, 15) is 0 Å². The molecule has 96 valence electrons. The van der Waals surface area contributed by atoms with E-state index in [0.717, 1.165) is 24.3 Å². The molecule has 3 nitrogen and oxygen atoms in total. The molecule has 0 aliphatic heterocycles. The number of hydrogen-bond acceptors (Lipinski definition) is 4. The van der Waals surface area contributed by atoms with Crippen molar-refractivity contribution in [2.24, 2.45) is 5.92 Å². The second kappa shape index (κ2) is 6.11. The number of H-pyrrole nitrogens is 1. The number of anilines is 1. The Labute approximate surface area is 116 Å². The summed E-state index contributed by atoms with van der Waals surface area (Å²) in [5.74, 6) is 1.59. The van der Waals surface area contributed by atoms with Crippen molar-refractivity contribution in [1.82, 2.24) is 9.97 Å². The second-order valence-electron chi connectivity index (χ2n) is 4.62. The lowest BCUT2D eigenvalue weighted by molar-refractivity contribution is 0.686. The SMILES string of the molecule is CC(C)CNc1[nH]c(=S)ncc1Cc1cccs1. The smallest absolute Gasteiger partial charge is 0.198 e. The van der Waals surface area contributed by atoms with Crippen molar-refractivity contribution >= 4 is 29.4 Å². The van der Waals surface area contributed by atoms with Gasteiger partial charge in [-0.2, -0.15) is 0 Å². The molecule has 0 unspecified atom stereocenters. The third-order valence-electron chi connectivity index (χ3n) is 2.52. The van der Waals surface area contributed by atoms with Crippen molar-refractivity contribution in [2.45, 2.75) is 20.3 Å². The first-order valence-corrected chi connectivity index (χ1v) is 7.28. The minimum Gasteiger partial charge on any atom is -0.371 e. The maximum atomic E-state index is 5.08. The zero-order valence-electron chi connectivity index (χ0n) is 10.6. The predicted octanol–water partition coefficient (Wildman–Crippen LogP) is 3.86. The molecule has 0 spiro atoms. The fourth-order valence-electron chi connectivity index (χ4n) is 1.62. The molecule has 0 amide bonds. The topological polar surface area (TPSA) is 40.7 Å². The first-order chi connectivity index (χ1) is 8.65. The molecule has 0 bridgehead atoms. The monoisotopic (exact) mass is 279 g/mol. The van der Waals surface area contributed by atoms with Crippen LogP contribution in [0, 0.1) is 10.7 Å². The molecule has 0 aromatic carbocycles. The molecule has 2 N–H and O–H groups in total. The molecular formula is C13H17N3S2. The lowest BCUT2D eigenvalue weighted by Crippen LogP contribution is -2.11. The number of thiophene rings is 1. The molecule has 0 atom stereocenters. The van der Waals surface area contributed by atoms with Gasteiger partial charge < -0.3 is 10.3 Å². The van der Waals surface area contributed by atoms with Gasteiger partial charge in [0, 0.05) is 29.6 Å². The van der Waals surface area contributed by atoms with Crippen LogP contribution in [0.1, 0.15) is 24.3 Å². The van der Waals surface area contributed by atoms with Crippen LogP contribution >= 0.6 is 23.6 Å². The lowest BCUT2D eigenvalue weighted by atomic mass is 10.2. The van der Waals surface area contributed by atoms with Crippen molar-refractivity contribution in [3.63, 3.8) is 0 Å². The van der Waals surface area contributed by atoms with E-state index in [1.807, 2.05) is 6.20 Å². The minimum atomic E-state index is 0.524. The van der Waals surface area contributed by atoms with Crippen LogP contribution < -0.4 is 5.32 Å². The van der Waals surface area contributed by atoms with Crippen LogP contribution in [0.2, 0.25) is 0 Å². The van der Waals surface area contributed by atoms with Crippen LogP contribution in [0.15, 0.2) is 23.7 Å². The molecule has 18 heavy (non-hydrogen) atoms. The van der Waals surface area contributed by atoms with Gasteiger partial charge in [0.1, 0.15) is 5.82 Å². The Hall–Kier alpha value is -1.20. The Morgan fingerprint density at radius 3 is 3.00 bits per heavy atom. The summed E-state index contributed by atoms with van der Waals surface area (Å²) < 4.78 is 0.524. The van der Waals surface area contributed by atoms with Gasteiger partial charge in [-0.3, -0.25) is 0 Å². The summed E-state index contributed by atoms with van der Waals surface area (Å²) in [6.07, 6.45) is 2.75. The Bertz CT molecular complexity index is 544. The van der Waals surface area contributed by atoms with E-state index in [2.05, 4.69) is 46.6 Å². The van der Waals surface area contributed by atoms with E-state index in [1.54, 1.807) is 11.3 Å². The highest BCUT2D eigenvalue weighted by Crippen LogP contribution is 2.19. The highest BCUT2D eigenvalue weighted by Gasteiger charge is 2.06.